The average molecular weight is 465 g/mol. The van der Waals surface area contributed by atoms with Crippen molar-refractivity contribution in [2.45, 2.75) is 101 Å². The third-order valence-corrected chi connectivity index (χ3v) is 16.1. The van der Waals surface area contributed by atoms with Crippen molar-refractivity contribution < 1.29 is 4.43 Å². The molecule has 3 saturated carbocycles. The van der Waals surface area contributed by atoms with Gasteiger partial charge in [-0.15, -0.1) is 0 Å². The van der Waals surface area contributed by atoms with E-state index in [4.69, 9.17) is 4.43 Å². The van der Waals surface area contributed by atoms with Crippen LogP contribution in [0.25, 0.3) is 0 Å². The molecule has 1 aromatic carbocycles. The van der Waals surface area contributed by atoms with Gasteiger partial charge in [-0.3, -0.25) is 4.90 Å². The molecule has 33 heavy (non-hydrogen) atoms. The largest absolute Gasteiger partial charge is 0.543 e. The third-order valence-electron chi connectivity index (χ3n) is 11.8. The summed E-state index contributed by atoms with van der Waals surface area (Å²) in [6, 6.07) is 8.91. The molecule has 180 valence electrons. The molecule has 5 fully saturated rings. The lowest BCUT2D eigenvalue weighted by molar-refractivity contribution is -0.0940. The first-order valence-corrected chi connectivity index (χ1v) is 16.9. The second-order valence-corrected chi connectivity index (χ2v) is 19.0. The summed E-state index contributed by atoms with van der Waals surface area (Å²) in [5, 5.41) is 4.22. The van der Waals surface area contributed by atoms with Gasteiger partial charge in [0.05, 0.1) is 0 Å². The van der Waals surface area contributed by atoms with Crippen LogP contribution < -0.4 is 9.74 Å². The predicted molar refractivity (Wildman–Crippen MR) is 137 cm³/mol. The first kappa shape index (κ1) is 21.4. The van der Waals surface area contributed by atoms with Crippen LogP contribution in [-0.2, 0) is 11.8 Å². The zero-order valence-electron chi connectivity index (χ0n) is 21.5. The fourth-order valence-electron chi connectivity index (χ4n) is 9.30. The predicted octanol–water partition coefficient (Wildman–Crippen LogP) is 5.74. The van der Waals surface area contributed by atoms with E-state index >= 15 is 0 Å². The molecule has 1 aromatic rings. The molecule has 2 saturated heterocycles. The van der Waals surface area contributed by atoms with Gasteiger partial charge in [0.1, 0.15) is 5.75 Å². The van der Waals surface area contributed by atoms with Crippen LogP contribution in [0.4, 0.5) is 0 Å². The number of fused-ring (bicyclic) bond motifs is 1. The fraction of sp³-hybridized carbons (Fsp3) is 0.793. The molecule has 6 atom stereocenters. The van der Waals surface area contributed by atoms with E-state index in [-0.39, 0.29) is 5.04 Å². The highest BCUT2D eigenvalue weighted by molar-refractivity contribution is 6.74. The van der Waals surface area contributed by atoms with Crippen molar-refractivity contribution >= 4 is 8.32 Å². The molecule has 1 N–H and O–H groups in total. The highest BCUT2D eigenvalue weighted by Gasteiger charge is 2.75. The second-order valence-electron chi connectivity index (χ2n) is 14.3. The molecule has 6 aliphatic rings. The fourth-order valence-corrected chi connectivity index (χ4v) is 10.3. The molecule has 0 aromatic heterocycles. The van der Waals surface area contributed by atoms with Gasteiger partial charge in [-0.1, -0.05) is 26.8 Å². The van der Waals surface area contributed by atoms with Crippen molar-refractivity contribution in [1.29, 1.82) is 0 Å². The van der Waals surface area contributed by atoms with Gasteiger partial charge in [0, 0.05) is 24.0 Å². The van der Waals surface area contributed by atoms with E-state index in [1.165, 1.54) is 64.6 Å². The number of benzene rings is 1. The Morgan fingerprint density at radius 2 is 1.97 bits per heavy atom. The molecule has 4 heteroatoms. The van der Waals surface area contributed by atoms with Gasteiger partial charge in [0.25, 0.3) is 0 Å². The summed E-state index contributed by atoms with van der Waals surface area (Å²) in [7, 11) is -1.85. The lowest BCUT2D eigenvalue weighted by Crippen LogP contribution is -2.69. The monoisotopic (exact) mass is 464 g/mol. The van der Waals surface area contributed by atoms with Crippen molar-refractivity contribution in [2.24, 2.45) is 23.2 Å². The first-order valence-electron chi connectivity index (χ1n) is 13.9. The van der Waals surface area contributed by atoms with Gasteiger partial charge in [0.15, 0.2) is 0 Å². The highest BCUT2D eigenvalue weighted by Crippen LogP contribution is 2.74. The van der Waals surface area contributed by atoms with E-state index < -0.39 is 8.32 Å². The molecule has 2 heterocycles. The van der Waals surface area contributed by atoms with Crippen molar-refractivity contribution in [3.63, 3.8) is 0 Å². The number of nitrogens with one attached hydrogen (secondary N) is 1. The first-order chi connectivity index (χ1) is 15.6. The van der Waals surface area contributed by atoms with E-state index in [9.17, 15) is 0 Å². The van der Waals surface area contributed by atoms with Crippen molar-refractivity contribution in [2.75, 3.05) is 19.6 Å². The van der Waals surface area contributed by atoms with E-state index in [2.05, 4.69) is 62.3 Å². The minimum absolute atomic E-state index is 0.231. The normalized spacial score (nSPS) is 41.6. The number of hydrogen-bond donors (Lipinski definition) is 1. The van der Waals surface area contributed by atoms with Crippen LogP contribution >= 0.6 is 0 Å². The maximum Gasteiger partial charge on any atom is 0.250 e. The molecule has 0 amide bonds. The molecule has 4 aliphatic carbocycles. The number of rotatable bonds is 4. The number of piperidine rings is 1. The van der Waals surface area contributed by atoms with E-state index in [1.54, 1.807) is 11.1 Å². The standard InChI is InChI=1S/C29H44N2OSi/c1-27(2,3)33(4,5)32-22-9-8-20-14-25-28-11-10-24-26(21(16-28)17-30-24)29(28,23(20)15-22)12-13-31(25)18-19-6-7-19/h8-9,15,19,21,24-26,30H,6-7,10-14,16-18H2,1-5H3/t21-,24?,25?,26?,28?,29?/m1/s1. The van der Waals surface area contributed by atoms with E-state index in [0.29, 0.717) is 10.8 Å². The molecule has 0 radical (unpaired) electrons. The molecular formula is C29H44N2OSi. The summed E-state index contributed by atoms with van der Waals surface area (Å²) in [5.41, 5.74) is 4.28. The van der Waals surface area contributed by atoms with Crippen LogP contribution in [0.2, 0.25) is 18.1 Å². The number of hydrogen-bond acceptors (Lipinski definition) is 3. The SMILES string of the molecule is CC(C)(C)[Si](C)(C)Oc1ccc2c(c1)C13CCN(CC4CC4)C(C2)C12CCC1NC[C@@H](C2)C13. The summed E-state index contributed by atoms with van der Waals surface area (Å²) in [5.74, 6) is 3.89. The van der Waals surface area contributed by atoms with Gasteiger partial charge < -0.3 is 9.74 Å². The summed E-state index contributed by atoms with van der Waals surface area (Å²) in [6.07, 6.45) is 9.93. The molecule has 2 aliphatic heterocycles. The Kier molecular flexibility index (Phi) is 4.34. The maximum atomic E-state index is 6.90. The number of likely N-dealkylation sites (tertiary alicyclic amines) is 1. The van der Waals surface area contributed by atoms with Crippen LogP contribution in [0, 0.1) is 23.2 Å². The lowest BCUT2D eigenvalue weighted by atomic mass is 9.43. The van der Waals surface area contributed by atoms with Crippen molar-refractivity contribution in [3.8, 4) is 5.75 Å². The van der Waals surface area contributed by atoms with Crippen LogP contribution in [0.1, 0.15) is 70.4 Å². The molecule has 4 bridgehead atoms. The lowest BCUT2D eigenvalue weighted by Gasteiger charge is -2.66. The topological polar surface area (TPSA) is 24.5 Å². The molecule has 3 nitrogen and oxygen atoms in total. The Bertz CT molecular complexity index is 980. The second kappa shape index (κ2) is 6.67. The minimum Gasteiger partial charge on any atom is -0.543 e. The zero-order valence-corrected chi connectivity index (χ0v) is 22.5. The van der Waals surface area contributed by atoms with Crippen LogP contribution in [0.5, 0.6) is 5.75 Å². The van der Waals surface area contributed by atoms with Crippen molar-refractivity contribution in [3.05, 3.63) is 29.3 Å². The Morgan fingerprint density at radius 3 is 2.73 bits per heavy atom. The highest BCUT2D eigenvalue weighted by atomic mass is 28.4. The van der Waals surface area contributed by atoms with Gasteiger partial charge >= 0.3 is 0 Å². The van der Waals surface area contributed by atoms with Crippen LogP contribution in [-0.4, -0.2) is 44.9 Å². The smallest absolute Gasteiger partial charge is 0.250 e. The molecule has 7 rings (SSSR count). The Hall–Kier alpha value is -0.843. The summed E-state index contributed by atoms with van der Waals surface area (Å²) in [6.45, 7) is 15.8. The van der Waals surface area contributed by atoms with Crippen molar-refractivity contribution in [1.82, 2.24) is 10.2 Å². The zero-order chi connectivity index (χ0) is 22.8. The van der Waals surface area contributed by atoms with Crippen LogP contribution in [0.3, 0.4) is 0 Å². The Balaban J connectivity index is 1.35. The van der Waals surface area contributed by atoms with Gasteiger partial charge in [-0.2, -0.15) is 0 Å². The van der Waals surface area contributed by atoms with E-state index in [1.807, 2.05) is 0 Å². The van der Waals surface area contributed by atoms with Gasteiger partial charge in [0.2, 0.25) is 8.32 Å². The quantitative estimate of drug-likeness (QED) is 0.575. The van der Waals surface area contributed by atoms with Gasteiger partial charge in [-0.05, 0) is 123 Å². The summed E-state index contributed by atoms with van der Waals surface area (Å²) >= 11 is 0. The third kappa shape index (κ3) is 2.75. The maximum absolute atomic E-state index is 6.90. The van der Waals surface area contributed by atoms with Gasteiger partial charge in [-0.25, -0.2) is 0 Å². The molecule has 5 unspecified atom stereocenters. The molecular weight excluding hydrogens is 420 g/mol. The number of nitrogens with zero attached hydrogens (tertiary/aromatic N) is 1. The van der Waals surface area contributed by atoms with Crippen LogP contribution in [0.15, 0.2) is 18.2 Å². The summed E-state index contributed by atoms with van der Waals surface area (Å²) in [4.78, 5) is 2.99. The van der Waals surface area contributed by atoms with E-state index in [0.717, 1.165) is 35.6 Å². The Labute approximate surface area is 202 Å². The Morgan fingerprint density at radius 1 is 1.15 bits per heavy atom. The average Bonchev–Trinajstić information content (AvgIpc) is 3.40. The minimum atomic E-state index is -1.85. The molecule has 0 spiro atoms. The summed E-state index contributed by atoms with van der Waals surface area (Å²) < 4.78 is 6.90.